The quantitative estimate of drug-likeness (QED) is 0.636. The molecule has 0 aliphatic carbocycles. The van der Waals surface area contributed by atoms with Crippen LogP contribution in [0.2, 0.25) is 5.02 Å². The van der Waals surface area contributed by atoms with Crippen LogP contribution in [-0.2, 0) is 14.3 Å². The number of fused-ring (bicyclic) bond motifs is 2. The zero-order chi connectivity index (χ0) is 24.0. The van der Waals surface area contributed by atoms with Crippen LogP contribution in [0.3, 0.4) is 0 Å². The molecule has 4 heterocycles. The Morgan fingerprint density at radius 3 is 2.74 bits per heavy atom. The van der Waals surface area contributed by atoms with Crippen LogP contribution in [0.25, 0.3) is 0 Å². The summed E-state index contributed by atoms with van der Waals surface area (Å²) in [5.41, 5.74) is 2.94. The number of methoxy groups -OCH3 is 1. The Hall–Kier alpha value is -2.75. The van der Waals surface area contributed by atoms with Gasteiger partial charge >= 0.3 is 5.97 Å². The number of amidine groups is 1. The largest absolute Gasteiger partial charge is 0.466 e. The molecule has 0 saturated carbocycles. The molecule has 3 aliphatic heterocycles. The average molecular weight is 500 g/mol. The van der Waals surface area contributed by atoms with Gasteiger partial charge in [-0.05, 0) is 25.0 Å². The Labute approximate surface area is 207 Å². The molecule has 8 nitrogen and oxygen atoms in total. The van der Waals surface area contributed by atoms with Gasteiger partial charge in [0.05, 0.1) is 12.7 Å². The fraction of sp³-hybridized carbons (Fsp3) is 0.417. The Morgan fingerprint density at radius 2 is 2.12 bits per heavy atom. The minimum atomic E-state index is -0.621. The SMILES string of the molecule is COC(=O)C1=C(CN2CC3CC2CN3C(C)=O)NC(c2nccs2)=N[C@H]1c1ccc(C)cc1Cl. The molecule has 178 valence electrons. The zero-order valence-electron chi connectivity index (χ0n) is 19.2. The van der Waals surface area contributed by atoms with Crippen molar-refractivity contribution in [2.24, 2.45) is 4.99 Å². The lowest BCUT2D eigenvalue weighted by Crippen LogP contribution is -2.50. The fourth-order valence-corrected chi connectivity index (χ4v) is 6.06. The molecule has 34 heavy (non-hydrogen) atoms. The number of piperazine rings is 1. The summed E-state index contributed by atoms with van der Waals surface area (Å²) in [6.07, 6.45) is 2.67. The highest BCUT2D eigenvalue weighted by molar-refractivity contribution is 7.11. The molecule has 5 rings (SSSR count). The van der Waals surface area contributed by atoms with Crippen LogP contribution in [0.1, 0.15) is 35.5 Å². The second kappa shape index (κ2) is 9.13. The van der Waals surface area contributed by atoms with Crippen LogP contribution in [0, 0.1) is 6.92 Å². The molecule has 2 bridgehead atoms. The maximum absolute atomic E-state index is 13.1. The van der Waals surface area contributed by atoms with Crippen molar-refractivity contribution in [2.75, 3.05) is 26.7 Å². The molecule has 1 aromatic carbocycles. The van der Waals surface area contributed by atoms with Gasteiger partial charge in [0.1, 0.15) is 6.04 Å². The van der Waals surface area contributed by atoms with Crippen molar-refractivity contribution in [3.63, 3.8) is 0 Å². The summed E-state index contributed by atoms with van der Waals surface area (Å²) < 4.78 is 5.20. The standard InChI is InChI=1S/C24H26ClN5O3S/c1-13-4-5-17(18(25)8-13)21-20(24(32)33-3)19(27-22(28-21)23-26-6-7-34-23)12-29-10-16-9-15(29)11-30(16)14(2)31/h4-8,15-16,21H,9-12H2,1-3H3,(H,27,28)/t15?,16?,21-/m0/s1. The first kappa shape index (κ1) is 23.0. The number of halogens is 1. The first-order chi connectivity index (χ1) is 16.4. The molecular formula is C24H26ClN5O3S. The lowest BCUT2D eigenvalue weighted by molar-refractivity contribution is -0.136. The van der Waals surface area contributed by atoms with Gasteiger partial charge in [0.25, 0.3) is 0 Å². The monoisotopic (exact) mass is 499 g/mol. The van der Waals surface area contributed by atoms with Crippen LogP contribution in [0.5, 0.6) is 0 Å². The van der Waals surface area contributed by atoms with E-state index in [-0.39, 0.29) is 18.0 Å². The van der Waals surface area contributed by atoms with Gasteiger partial charge in [0, 0.05) is 66.5 Å². The third-order valence-electron chi connectivity index (χ3n) is 6.74. The molecule has 10 heteroatoms. The first-order valence-electron chi connectivity index (χ1n) is 11.2. The van der Waals surface area contributed by atoms with E-state index >= 15 is 0 Å². The van der Waals surface area contributed by atoms with E-state index < -0.39 is 12.0 Å². The van der Waals surface area contributed by atoms with Crippen molar-refractivity contribution in [1.82, 2.24) is 20.1 Å². The molecule has 2 unspecified atom stereocenters. The number of nitrogens with zero attached hydrogens (tertiary/aromatic N) is 4. The van der Waals surface area contributed by atoms with Gasteiger partial charge in [-0.2, -0.15) is 0 Å². The number of carbonyl (C=O) groups excluding carboxylic acids is 2. The number of esters is 1. The number of aromatic nitrogens is 1. The highest BCUT2D eigenvalue weighted by Gasteiger charge is 2.45. The summed E-state index contributed by atoms with van der Waals surface area (Å²) in [5, 5.41) is 6.56. The molecule has 3 aliphatic rings. The molecule has 0 radical (unpaired) electrons. The second-order valence-electron chi connectivity index (χ2n) is 8.90. The molecule has 0 spiro atoms. The van der Waals surface area contributed by atoms with Crippen molar-refractivity contribution in [3.05, 3.63) is 62.2 Å². The van der Waals surface area contributed by atoms with Gasteiger partial charge < -0.3 is 15.0 Å². The Kier molecular flexibility index (Phi) is 6.18. The number of amides is 1. The predicted molar refractivity (Wildman–Crippen MR) is 131 cm³/mol. The minimum absolute atomic E-state index is 0.115. The van der Waals surface area contributed by atoms with Crippen LogP contribution in [0.4, 0.5) is 0 Å². The maximum Gasteiger partial charge on any atom is 0.338 e. The lowest BCUT2D eigenvalue weighted by atomic mass is 9.94. The van der Waals surface area contributed by atoms with Crippen molar-refractivity contribution < 1.29 is 14.3 Å². The second-order valence-corrected chi connectivity index (χ2v) is 10.2. The number of rotatable bonds is 5. The van der Waals surface area contributed by atoms with Gasteiger partial charge in [-0.3, -0.25) is 14.7 Å². The van der Waals surface area contributed by atoms with E-state index in [4.69, 9.17) is 21.3 Å². The number of hydrogen-bond donors (Lipinski definition) is 1. The van der Waals surface area contributed by atoms with E-state index in [0.29, 0.717) is 29.5 Å². The van der Waals surface area contributed by atoms with Crippen LogP contribution >= 0.6 is 22.9 Å². The molecule has 2 saturated heterocycles. The van der Waals surface area contributed by atoms with E-state index in [9.17, 15) is 9.59 Å². The highest BCUT2D eigenvalue weighted by Crippen LogP contribution is 2.38. The van der Waals surface area contributed by atoms with Gasteiger partial charge in [-0.25, -0.2) is 9.78 Å². The molecule has 1 N–H and O–H groups in total. The zero-order valence-corrected chi connectivity index (χ0v) is 20.8. The van der Waals surface area contributed by atoms with Crippen molar-refractivity contribution >= 4 is 40.6 Å². The number of carbonyl (C=O) groups is 2. The summed E-state index contributed by atoms with van der Waals surface area (Å²) in [4.78, 5) is 38.6. The number of benzene rings is 1. The van der Waals surface area contributed by atoms with Gasteiger partial charge in [0.2, 0.25) is 5.91 Å². The summed E-state index contributed by atoms with van der Waals surface area (Å²) >= 11 is 8.11. The maximum atomic E-state index is 13.1. The number of nitrogens with one attached hydrogen (secondary N) is 1. The van der Waals surface area contributed by atoms with Crippen LogP contribution < -0.4 is 5.32 Å². The third-order valence-corrected chi connectivity index (χ3v) is 7.84. The van der Waals surface area contributed by atoms with E-state index in [1.165, 1.54) is 18.4 Å². The summed E-state index contributed by atoms with van der Waals surface area (Å²) in [5.74, 6) is 0.277. The molecular weight excluding hydrogens is 474 g/mol. The fourth-order valence-electron chi connectivity index (χ4n) is 5.13. The van der Waals surface area contributed by atoms with Crippen molar-refractivity contribution in [2.45, 2.75) is 38.4 Å². The lowest BCUT2D eigenvalue weighted by Gasteiger charge is -2.36. The van der Waals surface area contributed by atoms with Crippen LogP contribution in [0.15, 0.2) is 46.0 Å². The van der Waals surface area contributed by atoms with E-state index in [0.717, 1.165) is 34.8 Å². The number of aryl methyl sites for hydroxylation is 1. The summed E-state index contributed by atoms with van der Waals surface area (Å²) in [6, 6.07) is 5.60. The molecule has 3 atom stereocenters. The Bertz CT molecular complexity index is 1200. The molecule has 1 amide bonds. The average Bonchev–Trinajstić information content (AvgIpc) is 3.56. The number of ether oxygens (including phenoxy) is 1. The minimum Gasteiger partial charge on any atom is -0.466 e. The number of thiazole rings is 1. The van der Waals surface area contributed by atoms with Crippen LogP contribution in [-0.4, -0.2) is 71.3 Å². The normalized spacial score (nSPS) is 24.3. The predicted octanol–water partition coefficient (Wildman–Crippen LogP) is 2.93. The van der Waals surface area contributed by atoms with E-state index in [1.54, 1.807) is 13.1 Å². The molecule has 2 aromatic rings. The summed E-state index contributed by atoms with van der Waals surface area (Å²) in [6.45, 7) is 5.59. The first-order valence-corrected chi connectivity index (χ1v) is 12.4. The topological polar surface area (TPSA) is 87.1 Å². The Morgan fingerprint density at radius 1 is 1.29 bits per heavy atom. The van der Waals surface area contributed by atoms with Crippen molar-refractivity contribution in [1.29, 1.82) is 0 Å². The highest BCUT2D eigenvalue weighted by atomic mass is 35.5. The van der Waals surface area contributed by atoms with E-state index in [2.05, 4.69) is 15.2 Å². The summed E-state index contributed by atoms with van der Waals surface area (Å²) in [7, 11) is 1.38. The number of hydrogen-bond acceptors (Lipinski definition) is 8. The number of likely N-dealkylation sites (tertiary alicyclic amines) is 2. The van der Waals surface area contributed by atoms with E-state index in [1.807, 2.05) is 35.4 Å². The van der Waals surface area contributed by atoms with Gasteiger partial charge in [-0.1, -0.05) is 23.7 Å². The van der Waals surface area contributed by atoms with Gasteiger partial charge in [0.15, 0.2) is 10.8 Å². The van der Waals surface area contributed by atoms with Gasteiger partial charge in [-0.15, -0.1) is 11.3 Å². The smallest absolute Gasteiger partial charge is 0.338 e. The molecule has 2 fully saturated rings. The Balaban J connectivity index is 1.55. The third kappa shape index (κ3) is 4.12. The van der Waals surface area contributed by atoms with Crippen molar-refractivity contribution in [3.8, 4) is 0 Å². The number of aliphatic imine (C=N–C) groups is 1. The molecule has 1 aromatic heterocycles.